The molecule has 3 fully saturated rings. The number of H-pyrrole nitrogens is 1. The van der Waals surface area contributed by atoms with Crippen LogP contribution >= 0.6 is 0 Å². The van der Waals surface area contributed by atoms with Crippen LogP contribution in [0.1, 0.15) is 76.8 Å². The highest BCUT2D eigenvalue weighted by Gasteiger charge is 2.47. The number of benzene rings is 2. The second-order valence-electron chi connectivity index (χ2n) is 11.6. The van der Waals surface area contributed by atoms with Crippen LogP contribution in [-0.2, 0) is 10.2 Å². The third kappa shape index (κ3) is 3.86. The van der Waals surface area contributed by atoms with E-state index < -0.39 is 0 Å². The summed E-state index contributed by atoms with van der Waals surface area (Å²) in [6, 6.07) is 11.1. The molecule has 7 rings (SSSR count). The Morgan fingerprint density at radius 1 is 1.10 bits per heavy atom. The van der Waals surface area contributed by atoms with E-state index in [1.165, 1.54) is 25.9 Å². The molecule has 3 saturated heterocycles. The molecule has 1 N–H and O–H groups in total. The van der Waals surface area contributed by atoms with E-state index >= 15 is 0 Å². The minimum atomic E-state index is -0.301. The van der Waals surface area contributed by atoms with E-state index in [0.29, 0.717) is 19.3 Å². The first-order valence-corrected chi connectivity index (χ1v) is 14.5. The van der Waals surface area contributed by atoms with Crippen LogP contribution in [0.2, 0.25) is 0 Å². The number of carbonyl (C=O) groups excluding carboxylic acids is 1. The second-order valence-corrected chi connectivity index (χ2v) is 11.6. The molecule has 3 aliphatic heterocycles. The molecule has 0 saturated carbocycles. The zero-order chi connectivity index (χ0) is 26.6. The van der Waals surface area contributed by atoms with Crippen molar-refractivity contribution >= 4 is 28.6 Å². The lowest BCUT2D eigenvalue weighted by molar-refractivity contribution is 0.0602. The fourth-order valence-electron chi connectivity index (χ4n) is 7.68. The Labute approximate surface area is 230 Å². The molecule has 3 aromatic rings. The van der Waals surface area contributed by atoms with Gasteiger partial charge >= 0.3 is 0 Å². The van der Waals surface area contributed by atoms with Gasteiger partial charge in [0.2, 0.25) is 0 Å². The molecule has 1 aliphatic carbocycles. The van der Waals surface area contributed by atoms with Crippen LogP contribution in [0.4, 0.5) is 5.69 Å². The van der Waals surface area contributed by atoms with Gasteiger partial charge in [-0.05, 0) is 80.9 Å². The van der Waals surface area contributed by atoms with Gasteiger partial charge in [0, 0.05) is 78.7 Å². The van der Waals surface area contributed by atoms with E-state index in [1.807, 2.05) is 18.3 Å². The maximum Gasteiger partial charge on any atom is 0.195 e. The average molecular weight is 521 g/mol. The molecule has 0 unspecified atom stereocenters. The number of aromatic amines is 1. The smallest absolute Gasteiger partial charge is 0.195 e. The van der Waals surface area contributed by atoms with Crippen molar-refractivity contribution in [3.8, 4) is 12.3 Å². The number of aliphatic imine (C=N–C) groups is 1. The molecule has 4 aliphatic rings. The Bertz CT molecular complexity index is 1510. The first-order valence-electron chi connectivity index (χ1n) is 14.5. The van der Waals surface area contributed by atoms with Crippen molar-refractivity contribution in [2.45, 2.75) is 50.0 Å². The number of hydrogen-bond donors (Lipinski definition) is 1. The standard InChI is InChI=1S/C33H36N4O2/c1-3-23-19-26-27(20-29(23)37-14-8-24(9-15-37)36-12-4-5-13-36)33(10-16-39-17-11-33)32-30(31(26)38)25-7-6-22(21-34-2)18-28(25)35-32/h1,6-7,18-21,24,35H,4-5,8-17H2,2H3. The van der Waals surface area contributed by atoms with Gasteiger partial charge in [-0.15, -0.1) is 6.42 Å². The van der Waals surface area contributed by atoms with Crippen LogP contribution in [-0.4, -0.2) is 74.4 Å². The van der Waals surface area contributed by atoms with Crippen molar-refractivity contribution in [2.24, 2.45) is 4.99 Å². The zero-order valence-corrected chi connectivity index (χ0v) is 22.8. The van der Waals surface area contributed by atoms with E-state index in [-0.39, 0.29) is 11.2 Å². The maximum atomic E-state index is 14.2. The molecule has 4 heterocycles. The van der Waals surface area contributed by atoms with Gasteiger partial charge in [-0.25, -0.2) is 0 Å². The molecule has 1 aromatic heterocycles. The largest absolute Gasteiger partial charge is 0.381 e. The minimum absolute atomic E-state index is 0.0658. The maximum absolute atomic E-state index is 14.2. The number of nitrogens with one attached hydrogen (secondary N) is 1. The van der Waals surface area contributed by atoms with Crippen LogP contribution in [0, 0.1) is 12.3 Å². The predicted octanol–water partition coefficient (Wildman–Crippen LogP) is 4.90. The fourth-order valence-corrected chi connectivity index (χ4v) is 7.68. The summed E-state index contributed by atoms with van der Waals surface area (Å²) in [6.45, 7) is 5.82. The predicted molar refractivity (Wildman–Crippen MR) is 157 cm³/mol. The Morgan fingerprint density at radius 2 is 1.87 bits per heavy atom. The number of nitrogens with zero attached hydrogens (tertiary/aromatic N) is 3. The van der Waals surface area contributed by atoms with E-state index in [4.69, 9.17) is 11.2 Å². The highest BCUT2D eigenvalue weighted by atomic mass is 16.5. The molecule has 200 valence electrons. The van der Waals surface area contributed by atoms with Crippen molar-refractivity contribution in [1.29, 1.82) is 0 Å². The van der Waals surface area contributed by atoms with Crippen LogP contribution in [0.3, 0.4) is 0 Å². The van der Waals surface area contributed by atoms with Gasteiger partial charge < -0.3 is 19.5 Å². The molecule has 0 radical (unpaired) electrons. The number of rotatable bonds is 3. The molecule has 0 amide bonds. The second kappa shape index (κ2) is 9.66. The van der Waals surface area contributed by atoms with Crippen molar-refractivity contribution in [3.63, 3.8) is 0 Å². The molecule has 1 spiro atoms. The molecule has 6 nitrogen and oxygen atoms in total. The van der Waals surface area contributed by atoms with Crippen LogP contribution < -0.4 is 4.90 Å². The number of fused-ring (bicyclic) bond motifs is 6. The van der Waals surface area contributed by atoms with Gasteiger partial charge in [0.15, 0.2) is 5.78 Å². The van der Waals surface area contributed by atoms with Gasteiger partial charge in [0.25, 0.3) is 0 Å². The number of piperidine rings is 1. The Morgan fingerprint density at radius 3 is 2.59 bits per heavy atom. The van der Waals surface area contributed by atoms with Crippen LogP contribution in [0.5, 0.6) is 0 Å². The van der Waals surface area contributed by atoms with E-state index in [2.05, 4.69) is 43.9 Å². The normalized spacial score (nSPS) is 21.5. The molecule has 6 heteroatoms. The molecule has 39 heavy (non-hydrogen) atoms. The molecular weight excluding hydrogens is 484 g/mol. The van der Waals surface area contributed by atoms with Gasteiger partial charge in [-0.1, -0.05) is 18.1 Å². The van der Waals surface area contributed by atoms with Crippen molar-refractivity contribution in [3.05, 3.63) is 63.8 Å². The van der Waals surface area contributed by atoms with Gasteiger partial charge in [-0.3, -0.25) is 9.79 Å². The Kier molecular flexibility index (Phi) is 6.10. The summed E-state index contributed by atoms with van der Waals surface area (Å²) in [7, 11) is 1.77. The highest BCUT2D eigenvalue weighted by Crippen LogP contribution is 2.51. The van der Waals surface area contributed by atoms with Crippen molar-refractivity contribution in [2.75, 3.05) is 51.3 Å². The lowest BCUT2D eigenvalue weighted by Gasteiger charge is -2.43. The fraction of sp³-hybridized carbons (Fsp3) is 0.455. The number of likely N-dealkylation sites (tertiary alicyclic amines) is 1. The lowest BCUT2D eigenvalue weighted by atomic mass is 9.64. The molecule has 0 bridgehead atoms. The number of aromatic nitrogens is 1. The summed E-state index contributed by atoms with van der Waals surface area (Å²) < 4.78 is 5.87. The third-order valence-electron chi connectivity index (χ3n) is 9.67. The summed E-state index contributed by atoms with van der Waals surface area (Å²) >= 11 is 0. The highest BCUT2D eigenvalue weighted by molar-refractivity contribution is 6.20. The van der Waals surface area contributed by atoms with Crippen molar-refractivity contribution in [1.82, 2.24) is 9.88 Å². The quantitative estimate of drug-likeness (QED) is 0.394. The molecule has 2 aromatic carbocycles. The van der Waals surface area contributed by atoms with E-state index in [0.717, 1.165) is 88.9 Å². The summed E-state index contributed by atoms with van der Waals surface area (Å²) in [6.07, 6.45) is 14.6. The van der Waals surface area contributed by atoms with Gasteiger partial charge in [-0.2, -0.15) is 0 Å². The number of ether oxygens (including phenoxy) is 1. The Hall–Kier alpha value is -3.40. The average Bonchev–Trinajstić information content (AvgIpc) is 3.65. The monoisotopic (exact) mass is 520 g/mol. The molecular formula is C33H36N4O2. The first-order chi connectivity index (χ1) is 19.1. The van der Waals surface area contributed by atoms with E-state index in [9.17, 15) is 4.79 Å². The van der Waals surface area contributed by atoms with E-state index in [1.54, 1.807) is 7.05 Å². The van der Waals surface area contributed by atoms with Crippen molar-refractivity contribution < 1.29 is 9.53 Å². The summed E-state index contributed by atoms with van der Waals surface area (Å²) in [4.78, 5) is 27.2. The lowest BCUT2D eigenvalue weighted by Crippen LogP contribution is -2.44. The van der Waals surface area contributed by atoms with Crippen LogP contribution in [0.25, 0.3) is 10.9 Å². The van der Waals surface area contributed by atoms with Gasteiger partial charge in [0.1, 0.15) is 0 Å². The number of terminal acetylenes is 1. The SMILES string of the molecule is C#Cc1cc2c(cc1N1CCC(N3CCCC3)CC1)C1(CCOCC1)c1[nH]c3cc(C=NC)ccc3c1C2=O. The number of anilines is 1. The number of carbonyl (C=O) groups is 1. The number of ketones is 1. The van der Waals surface area contributed by atoms with Crippen LogP contribution in [0.15, 0.2) is 35.3 Å². The summed E-state index contributed by atoms with van der Waals surface area (Å²) in [5.41, 5.74) is 7.33. The third-order valence-corrected chi connectivity index (χ3v) is 9.67. The Balaban J connectivity index is 1.33. The minimum Gasteiger partial charge on any atom is -0.381 e. The summed E-state index contributed by atoms with van der Waals surface area (Å²) in [5, 5.41) is 0.968. The topological polar surface area (TPSA) is 60.9 Å². The summed E-state index contributed by atoms with van der Waals surface area (Å²) in [5.74, 6) is 3.01. The first kappa shape index (κ1) is 24.6. The number of hydrogen-bond acceptors (Lipinski definition) is 5. The zero-order valence-electron chi connectivity index (χ0n) is 22.8. The molecule has 0 atom stereocenters. The van der Waals surface area contributed by atoms with Gasteiger partial charge in [0.05, 0.1) is 11.3 Å².